The highest BCUT2D eigenvalue weighted by Gasteiger charge is 2.18. The van der Waals surface area contributed by atoms with E-state index in [9.17, 15) is 0 Å². The van der Waals surface area contributed by atoms with Crippen LogP contribution in [0, 0.1) is 6.92 Å². The van der Waals surface area contributed by atoms with Gasteiger partial charge in [-0.1, -0.05) is 42.5 Å². The zero-order valence-electron chi connectivity index (χ0n) is 18.3. The molecule has 0 spiro atoms. The predicted octanol–water partition coefficient (Wildman–Crippen LogP) is 4.77. The molecule has 0 radical (unpaired) electrons. The maximum atomic E-state index is 6.19. The van der Waals surface area contributed by atoms with Crippen molar-refractivity contribution in [3.8, 4) is 17.0 Å². The molecule has 6 nitrogen and oxygen atoms in total. The van der Waals surface area contributed by atoms with Crippen molar-refractivity contribution >= 4 is 41.3 Å². The number of ether oxygens (including phenoxy) is 2. The summed E-state index contributed by atoms with van der Waals surface area (Å²) in [5.74, 6) is 1.64. The fourth-order valence-electron chi connectivity index (χ4n) is 3.40. The lowest BCUT2D eigenvalue weighted by Crippen LogP contribution is -2.36. The number of benzene rings is 2. The third-order valence-electron chi connectivity index (χ3n) is 5.10. The Hall–Kier alpha value is -2.17. The molecule has 1 fully saturated rings. The van der Waals surface area contributed by atoms with Crippen LogP contribution >= 0.6 is 35.3 Å². The lowest BCUT2D eigenvalue weighted by atomic mass is 10.1. The zero-order chi connectivity index (χ0) is 21.5. The van der Waals surface area contributed by atoms with Gasteiger partial charge in [0.1, 0.15) is 16.9 Å². The van der Waals surface area contributed by atoms with E-state index >= 15 is 0 Å². The first kappa shape index (κ1) is 24.5. The Bertz CT molecular complexity index is 1020. The maximum absolute atomic E-state index is 6.19. The van der Waals surface area contributed by atoms with Crippen molar-refractivity contribution in [1.29, 1.82) is 0 Å². The summed E-state index contributed by atoms with van der Waals surface area (Å²) in [6.45, 7) is 4.74. The Morgan fingerprint density at radius 3 is 2.75 bits per heavy atom. The third kappa shape index (κ3) is 6.66. The molecule has 1 atom stereocenters. The molecule has 1 aliphatic heterocycles. The van der Waals surface area contributed by atoms with Gasteiger partial charge in [-0.25, -0.2) is 4.98 Å². The van der Waals surface area contributed by atoms with Crippen molar-refractivity contribution in [2.24, 2.45) is 4.99 Å². The molecule has 1 aromatic heterocycles. The zero-order valence-corrected chi connectivity index (χ0v) is 21.5. The van der Waals surface area contributed by atoms with Crippen LogP contribution < -0.4 is 15.4 Å². The van der Waals surface area contributed by atoms with Crippen molar-refractivity contribution in [2.75, 3.05) is 20.3 Å². The van der Waals surface area contributed by atoms with Gasteiger partial charge in [0, 0.05) is 36.5 Å². The van der Waals surface area contributed by atoms with E-state index in [1.54, 1.807) is 18.4 Å². The van der Waals surface area contributed by atoms with Gasteiger partial charge >= 0.3 is 0 Å². The first-order valence-corrected chi connectivity index (χ1v) is 11.4. The summed E-state index contributed by atoms with van der Waals surface area (Å²) in [5, 5.41) is 9.84. The number of thiazole rings is 1. The molecule has 4 rings (SSSR count). The Labute approximate surface area is 210 Å². The van der Waals surface area contributed by atoms with E-state index in [0.717, 1.165) is 46.6 Å². The van der Waals surface area contributed by atoms with E-state index in [4.69, 9.17) is 14.5 Å². The Morgan fingerprint density at radius 2 is 2.00 bits per heavy atom. The number of guanidine groups is 1. The van der Waals surface area contributed by atoms with Crippen LogP contribution in [0.4, 0.5) is 0 Å². The van der Waals surface area contributed by atoms with Crippen LogP contribution in [0.5, 0.6) is 5.75 Å². The number of nitrogens with one attached hydrogen (secondary N) is 2. The standard InChI is InChI=1S/C24H28N4O2S.HI/c1-17-8-9-19(22(12-17)30-20-10-11-29-15-20)13-26-24(25-2)27-14-23-28-21(16-31-23)18-6-4-3-5-7-18;/h3-9,12,16,20H,10-11,13-15H2,1-2H3,(H2,25,26,27);1H. The summed E-state index contributed by atoms with van der Waals surface area (Å²) in [7, 11) is 1.77. The van der Waals surface area contributed by atoms with Crippen LogP contribution in [0.25, 0.3) is 11.3 Å². The average molecular weight is 564 g/mol. The van der Waals surface area contributed by atoms with Crippen LogP contribution in [-0.2, 0) is 17.8 Å². The summed E-state index contributed by atoms with van der Waals surface area (Å²) in [5.41, 5.74) is 4.41. The third-order valence-corrected chi connectivity index (χ3v) is 5.95. The van der Waals surface area contributed by atoms with Gasteiger partial charge in [-0.15, -0.1) is 35.3 Å². The smallest absolute Gasteiger partial charge is 0.191 e. The summed E-state index contributed by atoms with van der Waals surface area (Å²) in [6, 6.07) is 16.5. The van der Waals surface area contributed by atoms with Crippen molar-refractivity contribution in [3.63, 3.8) is 0 Å². The lowest BCUT2D eigenvalue weighted by molar-refractivity contribution is 0.140. The van der Waals surface area contributed by atoms with Crippen LogP contribution in [0.3, 0.4) is 0 Å². The Balaban J connectivity index is 0.00000289. The van der Waals surface area contributed by atoms with Gasteiger partial charge in [0.05, 0.1) is 25.5 Å². The second kappa shape index (κ2) is 12.2. The van der Waals surface area contributed by atoms with Crippen LogP contribution in [0.1, 0.15) is 22.6 Å². The van der Waals surface area contributed by atoms with Gasteiger partial charge in [-0.2, -0.15) is 0 Å². The quantitative estimate of drug-likeness (QED) is 0.246. The molecule has 32 heavy (non-hydrogen) atoms. The summed E-state index contributed by atoms with van der Waals surface area (Å²) in [6.07, 6.45) is 1.06. The predicted molar refractivity (Wildman–Crippen MR) is 141 cm³/mol. The topological polar surface area (TPSA) is 67.8 Å². The molecule has 1 aliphatic rings. The van der Waals surface area contributed by atoms with Gasteiger partial charge < -0.3 is 20.1 Å². The van der Waals surface area contributed by atoms with Crippen LogP contribution in [0.2, 0.25) is 0 Å². The Kier molecular flexibility index (Phi) is 9.31. The molecule has 1 unspecified atom stereocenters. The highest BCUT2D eigenvalue weighted by atomic mass is 127. The molecule has 0 aliphatic carbocycles. The SMILES string of the molecule is CN=C(NCc1nc(-c2ccccc2)cs1)NCc1ccc(C)cc1OC1CCOC1.I. The Morgan fingerprint density at radius 1 is 1.19 bits per heavy atom. The normalized spacial score (nSPS) is 15.8. The molecule has 1 saturated heterocycles. The highest BCUT2D eigenvalue weighted by molar-refractivity contribution is 14.0. The molecule has 0 saturated carbocycles. The van der Waals surface area contributed by atoms with Gasteiger partial charge in [0.15, 0.2) is 5.96 Å². The summed E-state index contributed by atoms with van der Waals surface area (Å²) < 4.78 is 11.6. The number of hydrogen-bond donors (Lipinski definition) is 2. The molecule has 2 N–H and O–H groups in total. The number of aryl methyl sites for hydroxylation is 1. The fourth-order valence-corrected chi connectivity index (χ4v) is 4.14. The molecule has 2 aromatic carbocycles. The highest BCUT2D eigenvalue weighted by Crippen LogP contribution is 2.24. The summed E-state index contributed by atoms with van der Waals surface area (Å²) >= 11 is 1.64. The van der Waals surface area contributed by atoms with Crippen molar-refractivity contribution < 1.29 is 9.47 Å². The van der Waals surface area contributed by atoms with Crippen LogP contribution in [-0.4, -0.2) is 37.3 Å². The van der Waals surface area contributed by atoms with Crippen molar-refractivity contribution in [2.45, 2.75) is 32.5 Å². The molecular weight excluding hydrogens is 535 g/mol. The molecule has 0 bridgehead atoms. The minimum Gasteiger partial charge on any atom is -0.488 e. The van der Waals surface area contributed by atoms with E-state index in [0.29, 0.717) is 19.7 Å². The second-order valence-electron chi connectivity index (χ2n) is 7.49. The van der Waals surface area contributed by atoms with Gasteiger partial charge in [0.25, 0.3) is 0 Å². The van der Waals surface area contributed by atoms with E-state index in [-0.39, 0.29) is 30.1 Å². The maximum Gasteiger partial charge on any atom is 0.191 e. The molecule has 0 amide bonds. The van der Waals surface area contributed by atoms with Crippen molar-refractivity contribution in [1.82, 2.24) is 15.6 Å². The number of aromatic nitrogens is 1. The number of halogens is 1. The van der Waals surface area contributed by atoms with E-state index < -0.39 is 0 Å². The second-order valence-corrected chi connectivity index (χ2v) is 8.43. The number of nitrogens with zero attached hydrogens (tertiary/aromatic N) is 2. The van der Waals surface area contributed by atoms with E-state index in [1.165, 1.54) is 5.56 Å². The molecule has 8 heteroatoms. The molecule has 2 heterocycles. The minimum atomic E-state index is 0. The lowest BCUT2D eigenvalue weighted by Gasteiger charge is -2.18. The van der Waals surface area contributed by atoms with Gasteiger partial charge in [-0.3, -0.25) is 4.99 Å². The fraction of sp³-hybridized carbons (Fsp3) is 0.333. The average Bonchev–Trinajstić information content (AvgIpc) is 3.48. The molecular formula is C24H29IN4O2S. The number of aliphatic imine (C=N–C) groups is 1. The monoisotopic (exact) mass is 564 g/mol. The summed E-state index contributed by atoms with van der Waals surface area (Å²) in [4.78, 5) is 9.07. The first-order valence-electron chi connectivity index (χ1n) is 10.5. The van der Waals surface area contributed by atoms with Gasteiger partial charge in [-0.05, 0) is 18.6 Å². The minimum absolute atomic E-state index is 0. The molecule has 170 valence electrons. The molecule has 3 aromatic rings. The van der Waals surface area contributed by atoms with Crippen LogP contribution in [0.15, 0.2) is 58.9 Å². The largest absolute Gasteiger partial charge is 0.488 e. The first-order chi connectivity index (χ1) is 15.2. The number of rotatable bonds is 7. The van der Waals surface area contributed by atoms with Crippen molar-refractivity contribution in [3.05, 3.63) is 70.0 Å². The number of hydrogen-bond acceptors (Lipinski definition) is 5. The van der Waals surface area contributed by atoms with Gasteiger partial charge in [0.2, 0.25) is 0 Å². The van der Waals surface area contributed by atoms with E-state index in [2.05, 4.69) is 58.3 Å². The van der Waals surface area contributed by atoms with E-state index in [1.807, 2.05) is 18.2 Å².